The molecule has 25 heavy (non-hydrogen) atoms. The van der Waals surface area contributed by atoms with Crippen LogP contribution >= 0.6 is 0 Å². The lowest BCUT2D eigenvalue weighted by Crippen LogP contribution is -2.42. The number of carbonyl (C=O) groups excluding carboxylic acids is 1. The third-order valence-electron chi connectivity index (χ3n) is 3.38. The number of carboxylic acids is 1. The molecule has 4 nitrogen and oxygen atoms in total. The third kappa shape index (κ3) is 5.03. The molecule has 8 heteroatoms. The molecular formula is C17H13F4NO3. The molecule has 0 saturated carbocycles. The van der Waals surface area contributed by atoms with Crippen LogP contribution in [0.1, 0.15) is 21.5 Å². The Kier molecular flexibility index (Phi) is 5.41. The third-order valence-corrected chi connectivity index (χ3v) is 3.38. The Balaban J connectivity index is 2.17. The molecule has 1 atom stereocenters. The van der Waals surface area contributed by atoms with Gasteiger partial charge in [0.1, 0.15) is 11.9 Å². The zero-order valence-electron chi connectivity index (χ0n) is 12.7. The van der Waals surface area contributed by atoms with Crippen molar-refractivity contribution in [1.82, 2.24) is 5.32 Å². The van der Waals surface area contributed by atoms with E-state index in [0.717, 1.165) is 30.3 Å². The van der Waals surface area contributed by atoms with Crippen LogP contribution in [-0.2, 0) is 17.4 Å². The van der Waals surface area contributed by atoms with Crippen LogP contribution in [0.15, 0.2) is 48.5 Å². The summed E-state index contributed by atoms with van der Waals surface area (Å²) in [5, 5.41) is 11.4. The van der Waals surface area contributed by atoms with E-state index in [-0.39, 0.29) is 17.5 Å². The number of nitrogens with one attached hydrogen (secondary N) is 1. The average molecular weight is 355 g/mol. The number of aliphatic carboxylic acids is 1. The summed E-state index contributed by atoms with van der Waals surface area (Å²) in [5.74, 6) is -2.92. The van der Waals surface area contributed by atoms with Gasteiger partial charge in [-0.1, -0.05) is 24.3 Å². The quantitative estimate of drug-likeness (QED) is 0.809. The fourth-order valence-corrected chi connectivity index (χ4v) is 2.18. The minimum absolute atomic E-state index is 0.0877. The highest BCUT2D eigenvalue weighted by atomic mass is 19.4. The van der Waals surface area contributed by atoms with Gasteiger partial charge in [-0.15, -0.1) is 0 Å². The SMILES string of the molecule is O=C(N[C@@H](Cc1cccc(C(F)(F)F)c1)C(=O)O)c1cccc(F)c1. The molecule has 0 aliphatic carbocycles. The van der Waals surface area contributed by atoms with E-state index in [2.05, 4.69) is 5.32 Å². The molecule has 0 aliphatic heterocycles. The van der Waals surface area contributed by atoms with Crippen LogP contribution in [0.25, 0.3) is 0 Å². The lowest BCUT2D eigenvalue weighted by molar-refractivity contribution is -0.139. The first-order chi connectivity index (χ1) is 11.7. The van der Waals surface area contributed by atoms with Gasteiger partial charge in [-0.2, -0.15) is 13.2 Å². The molecule has 2 rings (SSSR count). The first-order valence-corrected chi connectivity index (χ1v) is 7.12. The van der Waals surface area contributed by atoms with Gasteiger partial charge in [0, 0.05) is 12.0 Å². The van der Waals surface area contributed by atoms with E-state index >= 15 is 0 Å². The van der Waals surface area contributed by atoms with Crippen molar-refractivity contribution in [1.29, 1.82) is 0 Å². The van der Waals surface area contributed by atoms with Crippen molar-refractivity contribution >= 4 is 11.9 Å². The molecule has 0 radical (unpaired) electrons. The highest BCUT2D eigenvalue weighted by molar-refractivity contribution is 5.96. The average Bonchev–Trinajstić information content (AvgIpc) is 2.53. The molecule has 1 amide bonds. The zero-order valence-corrected chi connectivity index (χ0v) is 12.7. The second-order valence-corrected chi connectivity index (χ2v) is 5.28. The standard InChI is InChI=1S/C17H13F4NO3/c18-13-6-2-4-11(9-13)15(23)22-14(16(24)25)8-10-3-1-5-12(7-10)17(19,20)21/h1-7,9,14H,8H2,(H,22,23)(H,24,25)/t14-/m0/s1. The Morgan fingerprint density at radius 2 is 1.76 bits per heavy atom. The maximum Gasteiger partial charge on any atom is 0.416 e. The van der Waals surface area contributed by atoms with Crippen LogP contribution in [0, 0.1) is 5.82 Å². The zero-order chi connectivity index (χ0) is 18.6. The van der Waals surface area contributed by atoms with Gasteiger partial charge in [-0.25, -0.2) is 9.18 Å². The van der Waals surface area contributed by atoms with Crippen molar-refractivity contribution in [3.8, 4) is 0 Å². The Labute approximate surface area is 140 Å². The van der Waals surface area contributed by atoms with Crippen LogP contribution in [0.2, 0.25) is 0 Å². The molecule has 0 unspecified atom stereocenters. The van der Waals surface area contributed by atoms with Crippen molar-refractivity contribution in [3.63, 3.8) is 0 Å². The van der Waals surface area contributed by atoms with Crippen molar-refractivity contribution in [3.05, 3.63) is 71.0 Å². The molecule has 2 aromatic carbocycles. The number of halogens is 4. The molecule has 0 bridgehead atoms. The lowest BCUT2D eigenvalue weighted by Gasteiger charge is -2.16. The van der Waals surface area contributed by atoms with Gasteiger partial charge in [0.15, 0.2) is 0 Å². The molecule has 0 aliphatic rings. The van der Waals surface area contributed by atoms with Gasteiger partial charge in [0.2, 0.25) is 0 Å². The van der Waals surface area contributed by atoms with Gasteiger partial charge < -0.3 is 10.4 Å². The lowest BCUT2D eigenvalue weighted by atomic mass is 10.0. The van der Waals surface area contributed by atoms with Crippen LogP contribution in [0.5, 0.6) is 0 Å². The number of alkyl halides is 3. The number of amides is 1. The van der Waals surface area contributed by atoms with Crippen molar-refractivity contribution in [2.45, 2.75) is 18.6 Å². The van der Waals surface area contributed by atoms with Gasteiger partial charge >= 0.3 is 12.1 Å². The summed E-state index contributed by atoms with van der Waals surface area (Å²) in [6, 6.07) is 7.35. The minimum atomic E-state index is -4.56. The summed E-state index contributed by atoms with van der Waals surface area (Å²) in [5.41, 5.74) is -0.900. The van der Waals surface area contributed by atoms with E-state index in [1.54, 1.807) is 0 Å². The summed E-state index contributed by atoms with van der Waals surface area (Å²) in [6.45, 7) is 0. The number of rotatable bonds is 5. The fourth-order valence-electron chi connectivity index (χ4n) is 2.18. The van der Waals surface area contributed by atoms with Crippen LogP contribution in [-0.4, -0.2) is 23.0 Å². The van der Waals surface area contributed by atoms with E-state index in [9.17, 15) is 32.3 Å². The van der Waals surface area contributed by atoms with Gasteiger partial charge in [0.05, 0.1) is 5.56 Å². The van der Waals surface area contributed by atoms with E-state index in [4.69, 9.17) is 0 Å². The molecule has 132 valence electrons. The summed E-state index contributed by atoms with van der Waals surface area (Å²) < 4.78 is 51.3. The van der Waals surface area contributed by atoms with Crippen molar-refractivity contribution in [2.75, 3.05) is 0 Å². The number of carbonyl (C=O) groups is 2. The van der Waals surface area contributed by atoms with Gasteiger partial charge in [0.25, 0.3) is 5.91 Å². The predicted octanol–water partition coefficient (Wildman–Crippen LogP) is 3.27. The maximum atomic E-state index is 13.1. The number of hydrogen-bond donors (Lipinski definition) is 2. The monoisotopic (exact) mass is 355 g/mol. The fraction of sp³-hybridized carbons (Fsp3) is 0.176. The Hall–Kier alpha value is -2.90. The molecule has 0 heterocycles. The van der Waals surface area contributed by atoms with E-state index in [1.165, 1.54) is 18.2 Å². The van der Waals surface area contributed by atoms with Crippen LogP contribution in [0.3, 0.4) is 0 Å². The van der Waals surface area contributed by atoms with Gasteiger partial charge in [-0.3, -0.25) is 4.79 Å². The van der Waals surface area contributed by atoms with Crippen LogP contribution < -0.4 is 5.32 Å². The second kappa shape index (κ2) is 7.33. The Morgan fingerprint density at radius 3 is 2.36 bits per heavy atom. The van der Waals surface area contributed by atoms with Crippen LogP contribution in [0.4, 0.5) is 17.6 Å². The topological polar surface area (TPSA) is 66.4 Å². The second-order valence-electron chi connectivity index (χ2n) is 5.28. The largest absolute Gasteiger partial charge is 0.480 e. The molecule has 0 spiro atoms. The maximum absolute atomic E-state index is 13.1. The van der Waals surface area contributed by atoms with E-state index < -0.39 is 35.5 Å². The normalized spacial score (nSPS) is 12.5. The highest BCUT2D eigenvalue weighted by Gasteiger charge is 2.31. The molecule has 0 fully saturated rings. The Morgan fingerprint density at radius 1 is 1.08 bits per heavy atom. The Bertz CT molecular complexity index is 789. The molecule has 2 N–H and O–H groups in total. The van der Waals surface area contributed by atoms with E-state index in [1.807, 2.05) is 0 Å². The molecule has 0 saturated heterocycles. The summed E-state index contributed by atoms with van der Waals surface area (Å²) in [6.07, 6.45) is -4.90. The number of carboxylic acid groups (broad SMARTS) is 1. The summed E-state index contributed by atoms with van der Waals surface area (Å²) in [4.78, 5) is 23.3. The summed E-state index contributed by atoms with van der Waals surface area (Å²) in [7, 11) is 0. The molecule has 0 aromatic heterocycles. The number of hydrogen-bond acceptors (Lipinski definition) is 2. The predicted molar refractivity (Wildman–Crippen MR) is 80.4 cm³/mol. The van der Waals surface area contributed by atoms with Crippen molar-refractivity contribution < 1.29 is 32.3 Å². The molecular weight excluding hydrogens is 342 g/mol. The number of benzene rings is 2. The summed E-state index contributed by atoms with van der Waals surface area (Å²) >= 11 is 0. The first kappa shape index (κ1) is 18.4. The van der Waals surface area contributed by atoms with Gasteiger partial charge in [-0.05, 0) is 29.8 Å². The highest BCUT2D eigenvalue weighted by Crippen LogP contribution is 2.29. The molecule has 2 aromatic rings. The van der Waals surface area contributed by atoms with Crippen molar-refractivity contribution in [2.24, 2.45) is 0 Å². The smallest absolute Gasteiger partial charge is 0.416 e. The minimum Gasteiger partial charge on any atom is -0.480 e. The van der Waals surface area contributed by atoms with E-state index in [0.29, 0.717) is 0 Å². The first-order valence-electron chi connectivity index (χ1n) is 7.12.